The molecule has 1 atom stereocenters. The van der Waals surface area contributed by atoms with E-state index in [1.807, 2.05) is 13.8 Å². The average Bonchev–Trinajstić information content (AvgIpc) is 2.04. The molecule has 0 aliphatic heterocycles. The molecule has 0 saturated carbocycles. The zero-order valence-electron chi connectivity index (χ0n) is 9.86. The quantitative estimate of drug-likeness (QED) is 0.759. The second-order valence-corrected chi connectivity index (χ2v) is 6.29. The van der Waals surface area contributed by atoms with Crippen molar-refractivity contribution in [2.75, 3.05) is 0 Å². The van der Waals surface area contributed by atoms with Gasteiger partial charge in [0, 0.05) is 6.04 Å². The van der Waals surface area contributed by atoms with Crippen molar-refractivity contribution in [1.29, 1.82) is 0 Å². The summed E-state index contributed by atoms with van der Waals surface area (Å²) in [7, 11) is 0. The normalized spacial score (nSPS) is 14.2. The fraction of sp³-hybridized carbons (Fsp3) is 0.909. The Morgan fingerprint density at radius 2 is 1.79 bits per heavy atom. The van der Waals surface area contributed by atoms with Gasteiger partial charge in [-0.2, -0.15) is 0 Å². The molecule has 0 rings (SSSR count). The number of hydrogen-bond acceptors (Lipinski definition) is 1. The van der Waals surface area contributed by atoms with E-state index in [2.05, 4.69) is 42.0 Å². The van der Waals surface area contributed by atoms with E-state index in [1.54, 1.807) is 0 Å². The average molecular weight is 264 g/mol. The van der Waals surface area contributed by atoms with Crippen LogP contribution in [-0.2, 0) is 4.79 Å². The van der Waals surface area contributed by atoms with Gasteiger partial charge in [-0.15, -0.1) is 0 Å². The van der Waals surface area contributed by atoms with Gasteiger partial charge in [0.15, 0.2) is 0 Å². The van der Waals surface area contributed by atoms with Crippen LogP contribution in [0.15, 0.2) is 0 Å². The molecule has 0 aliphatic rings. The van der Waals surface area contributed by atoms with Gasteiger partial charge in [-0.1, -0.05) is 42.6 Å². The summed E-state index contributed by atoms with van der Waals surface area (Å²) in [5.41, 5.74) is 0. The van der Waals surface area contributed by atoms with Crippen LogP contribution in [0.1, 0.15) is 47.5 Å². The summed E-state index contributed by atoms with van der Waals surface area (Å²) < 4.78 is -0.465. The minimum atomic E-state index is -0.465. The second-order valence-electron chi connectivity index (χ2n) is 4.31. The first-order valence-corrected chi connectivity index (χ1v) is 6.12. The minimum absolute atomic E-state index is 0.0666. The van der Waals surface area contributed by atoms with Crippen molar-refractivity contribution in [3.8, 4) is 0 Å². The predicted octanol–water partition coefficient (Wildman–Crippen LogP) is 3.10. The van der Waals surface area contributed by atoms with Crippen LogP contribution >= 0.6 is 15.9 Å². The van der Waals surface area contributed by atoms with Gasteiger partial charge in [0.05, 0.1) is 4.32 Å². The summed E-state index contributed by atoms with van der Waals surface area (Å²) in [5.74, 6) is 0.644. The Bertz CT molecular complexity index is 182. The van der Waals surface area contributed by atoms with E-state index in [0.29, 0.717) is 5.92 Å². The van der Waals surface area contributed by atoms with Crippen LogP contribution in [0.5, 0.6) is 0 Å². The summed E-state index contributed by atoms with van der Waals surface area (Å²) in [6.07, 6.45) is 2.22. The van der Waals surface area contributed by atoms with Crippen LogP contribution < -0.4 is 5.32 Å². The Balaban J connectivity index is 4.18. The molecule has 0 spiro atoms. The Kier molecular flexibility index (Phi) is 5.72. The van der Waals surface area contributed by atoms with E-state index in [4.69, 9.17) is 0 Å². The fourth-order valence-electron chi connectivity index (χ4n) is 1.49. The molecule has 2 nitrogen and oxygen atoms in total. The highest BCUT2D eigenvalue weighted by Crippen LogP contribution is 2.18. The Hall–Kier alpha value is -0.0500. The maximum atomic E-state index is 11.7. The first-order valence-electron chi connectivity index (χ1n) is 5.32. The van der Waals surface area contributed by atoms with Gasteiger partial charge in [0.1, 0.15) is 0 Å². The minimum Gasteiger partial charge on any atom is -0.352 e. The van der Waals surface area contributed by atoms with Gasteiger partial charge in [0.2, 0.25) is 5.91 Å². The molecule has 14 heavy (non-hydrogen) atoms. The van der Waals surface area contributed by atoms with E-state index >= 15 is 0 Å². The largest absolute Gasteiger partial charge is 0.352 e. The molecule has 0 saturated heterocycles. The van der Waals surface area contributed by atoms with Gasteiger partial charge in [-0.05, 0) is 26.7 Å². The van der Waals surface area contributed by atoms with Crippen LogP contribution in [0.4, 0.5) is 0 Å². The topological polar surface area (TPSA) is 29.1 Å². The number of carbonyl (C=O) groups is 1. The van der Waals surface area contributed by atoms with Gasteiger partial charge in [-0.25, -0.2) is 0 Å². The Morgan fingerprint density at radius 3 is 2.07 bits per heavy atom. The van der Waals surface area contributed by atoms with Crippen LogP contribution in [0, 0.1) is 5.92 Å². The monoisotopic (exact) mass is 263 g/mol. The highest BCUT2D eigenvalue weighted by molar-refractivity contribution is 9.10. The van der Waals surface area contributed by atoms with Crippen molar-refractivity contribution in [3.05, 3.63) is 0 Å². The van der Waals surface area contributed by atoms with E-state index in [0.717, 1.165) is 12.8 Å². The molecule has 0 fully saturated rings. The number of rotatable bonds is 5. The van der Waals surface area contributed by atoms with E-state index < -0.39 is 4.32 Å². The van der Waals surface area contributed by atoms with Crippen LogP contribution in [0.2, 0.25) is 0 Å². The van der Waals surface area contributed by atoms with Crippen molar-refractivity contribution in [1.82, 2.24) is 5.32 Å². The fourth-order valence-corrected chi connectivity index (χ4v) is 1.61. The molecule has 3 heteroatoms. The highest BCUT2D eigenvalue weighted by Gasteiger charge is 2.26. The number of amides is 1. The van der Waals surface area contributed by atoms with Crippen LogP contribution in [-0.4, -0.2) is 16.3 Å². The maximum absolute atomic E-state index is 11.7. The lowest BCUT2D eigenvalue weighted by molar-refractivity contribution is -0.123. The second kappa shape index (κ2) is 5.74. The Morgan fingerprint density at radius 1 is 1.36 bits per heavy atom. The molecule has 0 heterocycles. The molecule has 0 aliphatic carbocycles. The third-order valence-electron chi connectivity index (χ3n) is 2.65. The lowest BCUT2D eigenvalue weighted by Crippen LogP contribution is -2.45. The molecule has 1 N–H and O–H groups in total. The molecule has 84 valence electrons. The number of carbonyl (C=O) groups excluding carboxylic acids is 1. The molecule has 1 unspecified atom stereocenters. The van der Waals surface area contributed by atoms with Crippen LogP contribution in [0.3, 0.4) is 0 Å². The summed E-state index contributed by atoms with van der Waals surface area (Å²) in [4.78, 5) is 11.7. The van der Waals surface area contributed by atoms with E-state index in [-0.39, 0.29) is 11.9 Å². The summed E-state index contributed by atoms with van der Waals surface area (Å²) >= 11 is 3.35. The van der Waals surface area contributed by atoms with Gasteiger partial charge in [-0.3, -0.25) is 4.79 Å². The van der Waals surface area contributed by atoms with Gasteiger partial charge >= 0.3 is 0 Å². The van der Waals surface area contributed by atoms with Gasteiger partial charge in [0.25, 0.3) is 0 Å². The lowest BCUT2D eigenvalue weighted by atomic mass is 9.95. The lowest BCUT2D eigenvalue weighted by Gasteiger charge is -2.25. The first-order chi connectivity index (χ1) is 6.32. The third-order valence-corrected chi connectivity index (χ3v) is 3.01. The number of nitrogens with one attached hydrogen (secondary N) is 1. The van der Waals surface area contributed by atoms with Crippen molar-refractivity contribution in [3.63, 3.8) is 0 Å². The SMILES string of the molecule is CCC(CC)C(C)NC(=O)C(C)(C)Br. The van der Waals surface area contributed by atoms with Gasteiger partial charge < -0.3 is 5.32 Å². The van der Waals surface area contributed by atoms with Crippen LogP contribution in [0.25, 0.3) is 0 Å². The molecule has 0 aromatic heterocycles. The standard InChI is InChI=1S/C11H22BrNO/c1-6-9(7-2)8(3)13-10(14)11(4,5)12/h8-9H,6-7H2,1-5H3,(H,13,14). The highest BCUT2D eigenvalue weighted by atomic mass is 79.9. The molecule has 0 aromatic rings. The number of alkyl halides is 1. The number of hydrogen-bond donors (Lipinski definition) is 1. The van der Waals surface area contributed by atoms with E-state index in [1.165, 1.54) is 0 Å². The molecular weight excluding hydrogens is 242 g/mol. The molecule has 1 amide bonds. The van der Waals surface area contributed by atoms with Crippen molar-refractivity contribution < 1.29 is 4.79 Å². The van der Waals surface area contributed by atoms with Crippen molar-refractivity contribution in [2.45, 2.75) is 57.8 Å². The summed E-state index contributed by atoms with van der Waals surface area (Å²) in [6.45, 7) is 10.1. The van der Waals surface area contributed by atoms with E-state index in [9.17, 15) is 4.79 Å². The number of halogens is 1. The Labute approximate surface area is 96.0 Å². The third kappa shape index (κ3) is 4.45. The molecular formula is C11H22BrNO. The summed E-state index contributed by atoms with van der Waals surface area (Å²) in [5, 5.41) is 3.04. The maximum Gasteiger partial charge on any atom is 0.236 e. The first kappa shape index (κ1) is 13.9. The smallest absolute Gasteiger partial charge is 0.236 e. The van der Waals surface area contributed by atoms with Crippen molar-refractivity contribution in [2.24, 2.45) is 5.92 Å². The zero-order valence-corrected chi connectivity index (χ0v) is 11.4. The zero-order chi connectivity index (χ0) is 11.4. The molecule has 0 radical (unpaired) electrons. The molecule has 0 aromatic carbocycles. The predicted molar refractivity (Wildman–Crippen MR) is 64.7 cm³/mol. The summed E-state index contributed by atoms with van der Waals surface area (Å²) in [6, 6.07) is 0.259. The van der Waals surface area contributed by atoms with Crippen molar-refractivity contribution >= 4 is 21.8 Å². The molecule has 0 bridgehead atoms.